The van der Waals surface area contributed by atoms with E-state index in [0.717, 1.165) is 12.1 Å². The van der Waals surface area contributed by atoms with Crippen LogP contribution in [0.4, 0.5) is 17.6 Å². The number of alkyl halides is 3. The second-order valence-corrected chi connectivity index (χ2v) is 7.71. The number of nitrogens with one attached hydrogen (secondary N) is 1. The Morgan fingerprint density at radius 2 is 1.77 bits per heavy atom. The van der Waals surface area contributed by atoms with E-state index in [-0.39, 0.29) is 0 Å². The highest BCUT2D eigenvalue weighted by molar-refractivity contribution is 7.84. The fraction of sp³-hybridized carbons (Fsp3) is 0.500. The van der Waals surface area contributed by atoms with E-state index in [0.29, 0.717) is 0 Å². The average molecular weight is 339 g/mol. The number of halogens is 4. The van der Waals surface area contributed by atoms with Crippen molar-refractivity contribution in [3.63, 3.8) is 0 Å². The summed E-state index contributed by atoms with van der Waals surface area (Å²) < 4.78 is 68.8. The fourth-order valence-electron chi connectivity index (χ4n) is 1.71. The van der Waals surface area contributed by atoms with E-state index in [1.165, 1.54) is 32.9 Å². The summed E-state index contributed by atoms with van der Waals surface area (Å²) in [5.74, 6) is -5.43. The molecule has 0 saturated carbocycles. The van der Waals surface area contributed by atoms with Crippen LogP contribution in [0.2, 0.25) is 0 Å². The maximum absolute atomic E-state index is 14.1. The molecule has 0 amide bonds. The lowest BCUT2D eigenvalue weighted by molar-refractivity contribution is -0.144. The Bertz CT molecular complexity index is 574. The number of carbonyl (C=O) groups excluding carboxylic acids is 1. The van der Waals surface area contributed by atoms with E-state index in [1.807, 2.05) is 4.72 Å². The number of hydrogen-bond acceptors (Lipinski definition) is 2. The lowest BCUT2D eigenvalue weighted by atomic mass is 9.86. The SMILES string of the molecule is CC(C)(C)S(=O)N[C@](CF)(c1ccccc1F)C(F)(F)C=O. The molecule has 124 valence electrons. The van der Waals surface area contributed by atoms with Crippen molar-refractivity contribution in [2.45, 2.75) is 37.0 Å². The summed E-state index contributed by atoms with van der Waals surface area (Å²) in [5, 5.41) is 0. The minimum absolute atomic E-state index is 0.757. The molecule has 2 atom stereocenters. The normalized spacial score (nSPS) is 16.9. The Labute approximate surface area is 128 Å². The maximum atomic E-state index is 14.1. The van der Waals surface area contributed by atoms with E-state index < -0.39 is 51.5 Å². The van der Waals surface area contributed by atoms with Crippen molar-refractivity contribution >= 4 is 17.3 Å². The molecule has 0 aliphatic rings. The molecule has 0 aliphatic heterocycles. The largest absolute Gasteiger partial charge is 0.327 e. The van der Waals surface area contributed by atoms with Crippen LogP contribution in [0, 0.1) is 5.82 Å². The summed E-state index contributed by atoms with van der Waals surface area (Å²) in [7, 11) is -2.16. The van der Waals surface area contributed by atoms with Crippen LogP contribution in [0.15, 0.2) is 24.3 Å². The van der Waals surface area contributed by atoms with E-state index in [9.17, 15) is 26.6 Å². The lowest BCUT2D eigenvalue weighted by Crippen LogP contribution is -2.61. The van der Waals surface area contributed by atoms with Crippen LogP contribution < -0.4 is 4.72 Å². The van der Waals surface area contributed by atoms with E-state index in [1.54, 1.807) is 0 Å². The van der Waals surface area contributed by atoms with Crippen molar-refractivity contribution in [2.75, 3.05) is 6.67 Å². The number of benzene rings is 1. The third-order valence-corrected chi connectivity index (χ3v) is 4.72. The van der Waals surface area contributed by atoms with Gasteiger partial charge in [-0.05, 0) is 26.8 Å². The molecular weight excluding hydrogens is 322 g/mol. The van der Waals surface area contributed by atoms with E-state index in [2.05, 4.69) is 0 Å². The quantitative estimate of drug-likeness (QED) is 0.640. The zero-order valence-corrected chi connectivity index (χ0v) is 13.1. The molecule has 3 nitrogen and oxygen atoms in total. The van der Waals surface area contributed by atoms with Crippen molar-refractivity contribution in [3.05, 3.63) is 35.6 Å². The summed E-state index contributed by atoms with van der Waals surface area (Å²) in [5.41, 5.74) is -3.80. The molecule has 1 unspecified atom stereocenters. The van der Waals surface area contributed by atoms with Crippen LogP contribution >= 0.6 is 0 Å². The third kappa shape index (κ3) is 3.38. The molecule has 22 heavy (non-hydrogen) atoms. The highest BCUT2D eigenvalue weighted by atomic mass is 32.2. The molecule has 0 spiro atoms. The van der Waals surface area contributed by atoms with Gasteiger partial charge in [0.25, 0.3) is 0 Å². The molecular formula is C14H17F4NO2S. The van der Waals surface area contributed by atoms with Gasteiger partial charge >= 0.3 is 5.92 Å². The Kier molecular flexibility index (Phi) is 5.51. The molecule has 1 rings (SSSR count). The summed E-state index contributed by atoms with van der Waals surface area (Å²) in [6.07, 6.45) is -0.772. The highest BCUT2D eigenvalue weighted by Crippen LogP contribution is 2.39. The van der Waals surface area contributed by atoms with Crippen molar-refractivity contribution in [1.29, 1.82) is 0 Å². The second kappa shape index (κ2) is 6.45. The van der Waals surface area contributed by atoms with Crippen molar-refractivity contribution in [3.8, 4) is 0 Å². The first-order valence-corrected chi connectivity index (χ1v) is 7.51. The molecule has 0 radical (unpaired) electrons. The Morgan fingerprint density at radius 1 is 1.23 bits per heavy atom. The molecule has 1 aromatic rings. The molecule has 0 aliphatic carbocycles. The van der Waals surface area contributed by atoms with Gasteiger partial charge < -0.3 is 0 Å². The first kappa shape index (κ1) is 18.8. The Balaban J connectivity index is 3.54. The number of hydrogen-bond donors (Lipinski definition) is 1. The summed E-state index contributed by atoms with van der Waals surface area (Å²) in [6.45, 7) is 2.60. The van der Waals surface area contributed by atoms with E-state index in [4.69, 9.17) is 0 Å². The molecule has 0 heterocycles. The molecule has 0 saturated heterocycles. The summed E-state index contributed by atoms with van der Waals surface area (Å²) in [4.78, 5) is 10.8. The van der Waals surface area contributed by atoms with Gasteiger partial charge in [0, 0.05) is 5.56 Å². The van der Waals surface area contributed by atoms with Crippen LogP contribution in [0.1, 0.15) is 26.3 Å². The topological polar surface area (TPSA) is 46.2 Å². The minimum Gasteiger partial charge on any atom is -0.297 e. The molecule has 0 aromatic heterocycles. The average Bonchev–Trinajstić information content (AvgIpc) is 2.44. The van der Waals surface area contributed by atoms with E-state index >= 15 is 0 Å². The molecule has 1 N–H and O–H groups in total. The molecule has 0 fully saturated rings. The van der Waals surface area contributed by atoms with Gasteiger partial charge in [-0.2, -0.15) is 8.78 Å². The third-order valence-electron chi connectivity index (χ3n) is 3.07. The summed E-state index contributed by atoms with van der Waals surface area (Å²) >= 11 is 0. The van der Waals surface area contributed by atoms with Crippen LogP contribution in [-0.2, 0) is 21.3 Å². The Morgan fingerprint density at radius 3 is 2.18 bits per heavy atom. The minimum atomic E-state index is -4.30. The van der Waals surface area contributed by atoms with Gasteiger partial charge in [-0.3, -0.25) is 4.79 Å². The number of aldehydes is 1. The fourth-order valence-corrected chi connectivity index (χ4v) is 2.63. The van der Waals surface area contributed by atoms with Crippen molar-refractivity contribution in [2.24, 2.45) is 0 Å². The van der Waals surface area contributed by atoms with Crippen LogP contribution in [0.5, 0.6) is 0 Å². The Hall–Kier alpha value is -1.28. The zero-order chi connectivity index (χ0) is 17.2. The maximum Gasteiger partial charge on any atom is 0.327 e. The molecule has 8 heteroatoms. The van der Waals surface area contributed by atoms with Gasteiger partial charge in [-0.25, -0.2) is 17.7 Å². The molecule has 1 aromatic carbocycles. The van der Waals surface area contributed by atoms with Gasteiger partial charge in [-0.15, -0.1) is 0 Å². The van der Waals surface area contributed by atoms with Gasteiger partial charge in [0.15, 0.2) is 11.8 Å². The van der Waals surface area contributed by atoms with Crippen LogP contribution in [0.25, 0.3) is 0 Å². The summed E-state index contributed by atoms with van der Waals surface area (Å²) in [6, 6.07) is 4.26. The second-order valence-electron chi connectivity index (χ2n) is 5.74. The first-order chi connectivity index (χ1) is 10.0. The number of carbonyl (C=O) groups is 1. The zero-order valence-electron chi connectivity index (χ0n) is 12.3. The highest BCUT2D eigenvalue weighted by Gasteiger charge is 2.58. The van der Waals surface area contributed by atoms with Crippen molar-refractivity contribution in [1.82, 2.24) is 4.72 Å². The van der Waals surface area contributed by atoms with Gasteiger partial charge in [0.2, 0.25) is 0 Å². The van der Waals surface area contributed by atoms with Crippen LogP contribution in [0.3, 0.4) is 0 Å². The van der Waals surface area contributed by atoms with Gasteiger partial charge in [0.05, 0.1) is 15.7 Å². The van der Waals surface area contributed by atoms with Crippen molar-refractivity contribution < 1.29 is 26.6 Å². The molecule has 0 bridgehead atoms. The van der Waals surface area contributed by atoms with Crippen LogP contribution in [-0.4, -0.2) is 27.8 Å². The monoisotopic (exact) mass is 339 g/mol. The predicted octanol–water partition coefficient (Wildman–Crippen LogP) is 2.88. The lowest BCUT2D eigenvalue weighted by Gasteiger charge is -2.38. The van der Waals surface area contributed by atoms with Gasteiger partial charge in [-0.1, -0.05) is 18.2 Å². The smallest absolute Gasteiger partial charge is 0.297 e. The number of rotatable bonds is 6. The standard InChI is InChI=1S/C14H17F4NO2S/c1-12(2,3)22(21)19-13(8-15,14(17,18)9-20)10-6-4-5-7-11(10)16/h4-7,9,19H,8H2,1-3H3/t13-,22?/m1/s1. The van der Waals surface area contributed by atoms with Gasteiger partial charge in [0.1, 0.15) is 12.5 Å². The first-order valence-electron chi connectivity index (χ1n) is 6.36. The predicted molar refractivity (Wildman–Crippen MR) is 76.1 cm³/mol.